The first-order chi connectivity index (χ1) is 6.24. The first-order valence-electron chi connectivity index (χ1n) is 3.68. The van der Waals surface area contributed by atoms with Gasteiger partial charge in [0.15, 0.2) is 0 Å². The molecule has 0 atom stereocenters. The molecule has 0 aromatic heterocycles. The average molecular weight is 281 g/mol. The highest BCUT2D eigenvalue weighted by Crippen LogP contribution is 2.25. The SMILES string of the molecule is Cl/C=C/CNc1ccc(Cl)c(Br)c1. The van der Waals surface area contributed by atoms with Crippen molar-refractivity contribution in [2.45, 2.75) is 0 Å². The number of halogens is 3. The molecule has 1 nitrogen and oxygen atoms in total. The molecule has 1 aromatic rings. The maximum atomic E-state index is 5.83. The molecule has 0 saturated heterocycles. The number of hydrogen-bond acceptors (Lipinski definition) is 1. The molecule has 0 aliphatic carbocycles. The van der Waals surface area contributed by atoms with Crippen LogP contribution in [0, 0.1) is 0 Å². The molecule has 0 radical (unpaired) electrons. The third-order valence-corrected chi connectivity index (χ3v) is 2.82. The monoisotopic (exact) mass is 279 g/mol. The van der Waals surface area contributed by atoms with Crippen LogP contribution in [0.4, 0.5) is 5.69 Å². The fraction of sp³-hybridized carbons (Fsp3) is 0.111. The van der Waals surface area contributed by atoms with Gasteiger partial charge < -0.3 is 5.32 Å². The molecule has 0 spiro atoms. The van der Waals surface area contributed by atoms with E-state index in [-0.39, 0.29) is 0 Å². The van der Waals surface area contributed by atoms with Gasteiger partial charge in [0.2, 0.25) is 0 Å². The molecule has 0 bridgehead atoms. The van der Waals surface area contributed by atoms with Crippen molar-refractivity contribution in [2.24, 2.45) is 0 Å². The van der Waals surface area contributed by atoms with Crippen molar-refractivity contribution >= 4 is 44.8 Å². The van der Waals surface area contributed by atoms with Crippen LogP contribution in [-0.4, -0.2) is 6.54 Å². The molecule has 0 amide bonds. The summed E-state index contributed by atoms with van der Waals surface area (Å²) < 4.78 is 0.883. The number of rotatable bonds is 3. The first-order valence-corrected chi connectivity index (χ1v) is 5.29. The Morgan fingerprint density at radius 1 is 1.46 bits per heavy atom. The van der Waals surface area contributed by atoms with Crippen molar-refractivity contribution in [3.05, 3.63) is 39.3 Å². The van der Waals surface area contributed by atoms with E-state index in [1.54, 1.807) is 0 Å². The molecule has 1 rings (SSSR count). The minimum Gasteiger partial charge on any atom is -0.381 e. The second kappa shape index (κ2) is 5.53. The van der Waals surface area contributed by atoms with Crippen LogP contribution in [0.1, 0.15) is 0 Å². The maximum Gasteiger partial charge on any atom is 0.0549 e. The number of benzene rings is 1. The van der Waals surface area contributed by atoms with E-state index in [0.29, 0.717) is 11.6 Å². The highest BCUT2D eigenvalue weighted by Gasteiger charge is 1.96. The zero-order valence-electron chi connectivity index (χ0n) is 6.73. The molecule has 0 heterocycles. The van der Waals surface area contributed by atoms with Gasteiger partial charge in [-0.25, -0.2) is 0 Å². The number of hydrogen-bond donors (Lipinski definition) is 1. The summed E-state index contributed by atoms with van der Waals surface area (Å²) in [6.45, 7) is 0.706. The molecule has 70 valence electrons. The Hall–Kier alpha value is -0.180. The Bertz CT molecular complexity index is 312. The van der Waals surface area contributed by atoms with Crippen molar-refractivity contribution in [3.8, 4) is 0 Å². The molecule has 0 unspecified atom stereocenters. The van der Waals surface area contributed by atoms with E-state index in [1.807, 2.05) is 24.3 Å². The zero-order chi connectivity index (χ0) is 9.68. The smallest absolute Gasteiger partial charge is 0.0549 e. The van der Waals surface area contributed by atoms with Crippen LogP contribution in [0.5, 0.6) is 0 Å². The largest absolute Gasteiger partial charge is 0.381 e. The molecule has 0 aliphatic rings. The summed E-state index contributed by atoms with van der Waals surface area (Å²) >= 11 is 14.5. The van der Waals surface area contributed by atoms with E-state index in [2.05, 4.69) is 21.2 Å². The number of anilines is 1. The van der Waals surface area contributed by atoms with E-state index in [0.717, 1.165) is 10.2 Å². The molecular formula is C9H8BrCl2N. The summed E-state index contributed by atoms with van der Waals surface area (Å²) in [6.07, 6.45) is 1.82. The highest BCUT2D eigenvalue weighted by molar-refractivity contribution is 9.10. The van der Waals surface area contributed by atoms with E-state index < -0.39 is 0 Å². The van der Waals surface area contributed by atoms with Gasteiger partial charge in [0, 0.05) is 22.2 Å². The van der Waals surface area contributed by atoms with Gasteiger partial charge in [0.1, 0.15) is 0 Å². The topological polar surface area (TPSA) is 12.0 Å². The Labute approximate surface area is 95.9 Å². The summed E-state index contributed by atoms with van der Waals surface area (Å²) in [5.74, 6) is 0. The molecule has 0 aliphatic heterocycles. The molecular weight excluding hydrogens is 273 g/mol. The minimum atomic E-state index is 0.706. The summed E-state index contributed by atoms with van der Waals surface area (Å²) in [6, 6.07) is 5.66. The summed E-state index contributed by atoms with van der Waals surface area (Å²) in [7, 11) is 0. The molecule has 0 fully saturated rings. The molecule has 0 saturated carbocycles. The lowest BCUT2D eigenvalue weighted by atomic mass is 10.3. The molecule has 1 aromatic carbocycles. The summed E-state index contributed by atoms with van der Waals surface area (Å²) in [4.78, 5) is 0. The van der Waals surface area contributed by atoms with Gasteiger partial charge in [-0.3, -0.25) is 0 Å². The second-order valence-corrected chi connectivity index (χ2v) is 3.88. The van der Waals surface area contributed by atoms with Crippen molar-refractivity contribution in [2.75, 3.05) is 11.9 Å². The minimum absolute atomic E-state index is 0.706. The van der Waals surface area contributed by atoms with Crippen LogP contribution >= 0.6 is 39.1 Å². The van der Waals surface area contributed by atoms with Gasteiger partial charge in [-0.05, 0) is 34.1 Å². The lowest BCUT2D eigenvalue weighted by Crippen LogP contribution is -1.97. The quantitative estimate of drug-likeness (QED) is 0.872. The van der Waals surface area contributed by atoms with Gasteiger partial charge in [0.05, 0.1) is 5.02 Å². The van der Waals surface area contributed by atoms with Crippen LogP contribution in [0.15, 0.2) is 34.3 Å². The Morgan fingerprint density at radius 3 is 2.85 bits per heavy atom. The van der Waals surface area contributed by atoms with E-state index in [1.165, 1.54) is 5.54 Å². The Balaban J connectivity index is 2.63. The highest BCUT2D eigenvalue weighted by atomic mass is 79.9. The van der Waals surface area contributed by atoms with Crippen LogP contribution in [-0.2, 0) is 0 Å². The van der Waals surface area contributed by atoms with Crippen LogP contribution < -0.4 is 5.32 Å². The summed E-state index contributed by atoms with van der Waals surface area (Å²) in [5, 5.41) is 3.86. The fourth-order valence-corrected chi connectivity index (χ4v) is 1.41. The van der Waals surface area contributed by atoms with Crippen LogP contribution in [0.2, 0.25) is 5.02 Å². The average Bonchev–Trinajstić information content (AvgIpc) is 2.12. The second-order valence-electron chi connectivity index (χ2n) is 2.37. The fourth-order valence-electron chi connectivity index (χ4n) is 0.827. The predicted octanol–water partition coefficient (Wildman–Crippen LogP) is 4.27. The summed E-state index contributed by atoms with van der Waals surface area (Å²) in [5.41, 5.74) is 2.49. The van der Waals surface area contributed by atoms with E-state index in [9.17, 15) is 0 Å². The van der Waals surface area contributed by atoms with Crippen molar-refractivity contribution in [1.29, 1.82) is 0 Å². The van der Waals surface area contributed by atoms with Gasteiger partial charge in [-0.15, -0.1) is 0 Å². The standard InChI is InChI=1S/C9H8BrCl2N/c10-8-6-7(2-3-9(8)12)13-5-1-4-11/h1-4,6,13H,5H2/b4-1+. The van der Waals surface area contributed by atoms with Gasteiger partial charge in [0.25, 0.3) is 0 Å². The molecule has 4 heteroatoms. The molecule has 13 heavy (non-hydrogen) atoms. The lowest BCUT2D eigenvalue weighted by molar-refractivity contribution is 1.34. The van der Waals surface area contributed by atoms with Crippen molar-refractivity contribution in [1.82, 2.24) is 0 Å². The normalized spacial score (nSPS) is 10.7. The van der Waals surface area contributed by atoms with Gasteiger partial charge in [-0.2, -0.15) is 0 Å². The number of nitrogens with one attached hydrogen (secondary N) is 1. The zero-order valence-corrected chi connectivity index (χ0v) is 9.83. The van der Waals surface area contributed by atoms with Gasteiger partial charge >= 0.3 is 0 Å². The Kier molecular flexibility index (Phi) is 4.64. The Morgan fingerprint density at radius 2 is 2.23 bits per heavy atom. The van der Waals surface area contributed by atoms with Crippen LogP contribution in [0.3, 0.4) is 0 Å². The van der Waals surface area contributed by atoms with Gasteiger partial charge in [-0.1, -0.05) is 29.3 Å². The molecule has 1 N–H and O–H groups in total. The first kappa shape index (κ1) is 10.9. The predicted molar refractivity (Wildman–Crippen MR) is 62.6 cm³/mol. The van der Waals surface area contributed by atoms with E-state index >= 15 is 0 Å². The maximum absolute atomic E-state index is 5.83. The van der Waals surface area contributed by atoms with Crippen LogP contribution in [0.25, 0.3) is 0 Å². The lowest BCUT2D eigenvalue weighted by Gasteiger charge is -2.04. The van der Waals surface area contributed by atoms with Crippen molar-refractivity contribution in [3.63, 3.8) is 0 Å². The van der Waals surface area contributed by atoms with Crippen molar-refractivity contribution < 1.29 is 0 Å². The van der Waals surface area contributed by atoms with E-state index in [4.69, 9.17) is 23.2 Å². The third-order valence-electron chi connectivity index (χ3n) is 1.43. The third kappa shape index (κ3) is 3.59.